The van der Waals surface area contributed by atoms with Gasteiger partial charge >= 0.3 is 0 Å². The lowest BCUT2D eigenvalue weighted by atomic mass is 9.84. The van der Waals surface area contributed by atoms with Crippen molar-refractivity contribution < 1.29 is 0 Å². The van der Waals surface area contributed by atoms with Crippen LogP contribution in [0.3, 0.4) is 0 Å². The maximum Gasteiger partial charge on any atom is 0.0305 e. The fourth-order valence-electron chi connectivity index (χ4n) is 2.72. The second-order valence-corrected chi connectivity index (χ2v) is 5.44. The van der Waals surface area contributed by atoms with Gasteiger partial charge in [0.25, 0.3) is 0 Å². The van der Waals surface area contributed by atoms with Gasteiger partial charge in [-0.05, 0) is 37.0 Å². The third-order valence-corrected chi connectivity index (χ3v) is 4.46. The molecule has 14 heavy (non-hydrogen) atoms. The molecule has 3 heteroatoms. The molecule has 0 bridgehead atoms. The van der Waals surface area contributed by atoms with Gasteiger partial charge in [-0.3, -0.25) is 0 Å². The molecule has 76 valence electrons. The molecule has 0 aromatic carbocycles. The minimum Gasteiger partial charge on any atom is -0.308 e. The highest BCUT2D eigenvalue weighted by Gasteiger charge is 2.33. The van der Waals surface area contributed by atoms with Gasteiger partial charge in [-0.1, -0.05) is 0 Å². The molecule has 2 atom stereocenters. The number of likely N-dealkylation sites (tertiary alicyclic amines) is 1. The molecule has 2 unspecified atom stereocenters. The van der Waals surface area contributed by atoms with E-state index in [1.165, 1.54) is 19.5 Å². The predicted octanol–water partition coefficient (Wildman–Crippen LogP) is 1.64. The number of hydrogen-bond donors (Lipinski definition) is 1. The van der Waals surface area contributed by atoms with Gasteiger partial charge in [0.2, 0.25) is 0 Å². The standard InChI is InChI=1S/C11H16N2S/c1-13-4-2-10-9(7-13)8-3-5-14-11(8)6-12-10/h3,5,9-10,12H,2,4,6-7H2,1H3. The Kier molecular flexibility index (Phi) is 2.11. The summed E-state index contributed by atoms with van der Waals surface area (Å²) < 4.78 is 0. The van der Waals surface area contributed by atoms with Gasteiger partial charge in [-0.25, -0.2) is 0 Å². The highest BCUT2D eigenvalue weighted by Crippen LogP contribution is 2.35. The van der Waals surface area contributed by atoms with E-state index in [4.69, 9.17) is 0 Å². The fourth-order valence-corrected chi connectivity index (χ4v) is 3.62. The summed E-state index contributed by atoms with van der Waals surface area (Å²) in [6, 6.07) is 3.06. The van der Waals surface area contributed by atoms with Crippen LogP contribution in [0.2, 0.25) is 0 Å². The maximum atomic E-state index is 3.67. The smallest absolute Gasteiger partial charge is 0.0305 e. The zero-order chi connectivity index (χ0) is 9.54. The minimum atomic E-state index is 0.730. The fraction of sp³-hybridized carbons (Fsp3) is 0.636. The highest BCUT2D eigenvalue weighted by atomic mass is 32.1. The van der Waals surface area contributed by atoms with Gasteiger partial charge in [0.05, 0.1) is 0 Å². The van der Waals surface area contributed by atoms with E-state index in [1.807, 2.05) is 11.3 Å². The number of thiophene rings is 1. The van der Waals surface area contributed by atoms with Crippen LogP contribution in [0.15, 0.2) is 11.4 Å². The minimum absolute atomic E-state index is 0.730. The molecule has 1 N–H and O–H groups in total. The topological polar surface area (TPSA) is 15.3 Å². The number of hydrogen-bond acceptors (Lipinski definition) is 3. The molecule has 1 aromatic rings. The summed E-state index contributed by atoms with van der Waals surface area (Å²) in [5.74, 6) is 0.740. The van der Waals surface area contributed by atoms with E-state index in [9.17, 15) is 0 Å². The van der Waals surface area contributed by atoms with Crippen molar-refractivity contribution >= 4 is 11.3 Å². The normalized spacial score (nSPS) is 32.4. The Morgan fingerprint density at radius 1 is 1.57 bits per heavy atom. The van der Waals surface area contributed by atoms with Crippen molar-refractivity contribution in [2.45, 2.75) is 24.9 Å². The Morgan fingerprint density at radius 2 is 2.50 bits per heavy atom. The van der Waals surface area contributed by atoms with Gasteiger partial charge in [0.15, 0.2) is 0 Å². The summed E-state index contributed by atoms with van der Waals surface area (Å²) in [7, 11) is 2.23. The average Bonchev–Trinajstić information content (AvgIpc) is 2.65. The van der Waals surface area contributed by atoms with Crippen molar-refractivity contribution in [1.82, 2.24) is 10.2 Å². The number of rotatable bonds is 0. The third kappa shape index (κ3) is 1.31. The first-order valence-corrected chi connectivity index (χ1v) is 6.21. The lowest BCUT2D eigenvalue weighted by Crippen LogP contribution is -2.48. The number of piperidine rings is 1. The lowest BCUT2D eigenvalue weighted by molar-refractivity contribution is 0.198. The second-order valence-electron chi connectivity index (χ2n) is 4.44. The number of nitrogens with one attached hydrogen (secondary N) is 1. The van der Waals surface area contributed by atoms with Crippen LogP contribution in [0.25, 0.3) is 0 Å². The predicted molar refractivity (Wildman–Crippen MR) is 59.8 cm³/mol. The van der Waals surface area contributed by atoms with E-state index < -0.39 is 0 Å². The molecular formula is C11H16N2S. The van der Waals surface area contributed by atoms with Gasteiger partial charge in [0.1, 0.15) is 0 Å². The summed E-state index contributed by atoms with van der Waals surface area (Å²) in [6.07, 6.45) is 1.30. The average molecular weight is 208 g/mol. The molecule has 3 rings (SSSR count). The lowest BCUT2D eigenvalue weighted by Gasteiger charge is -2.40. The van der Waals surface area contributed by atoms with E-state index in [-0.39, 0.29) is 0 Å². The molecule has 0 saturated carbocycles. The summed E-state index contributed by atoms with van der Waals surface area (Å²) in [6.45, 7) is 3.56. The van der Waals surface area contributed by atoms with Crippen molar-refractivity contribution in [2.24, 2.45) is 0 Å². The van der Waals surface area contributed by atoms with Crippen molar-refractivity contribution in [1.29, 1.82) is 0 Å². The Balaban J connectivity index is 1.94. The SMILES string of the molecule is CN1CCC2NCc3sccc3C2C1. The molecule has 2 aliphatic rings. The van der Waals surface area contributed by atoms with E-state index in [1.54, 1.807) is 10.4 Å². The molecular weight excluding hydrogens is 192 g/mol. The molecule has 0 radical (unpaired) electrons. The molecule has 0 aliphatic carbocycles. The van der Waals surface area contributed by atoms with Crippen LogP contribution in [0.4, 0.5) is 0 Å². The van der Waals surface area contributed by atoms with Crippen molar-refractivity contribution in [3.05, 3.63) is 21.9 Å². The summed E-state index contributed by atoms with van der Waals surface area (Å²) in [5.41, 5.74) is 1.62. The maximum absolute atomic E-state index is 3.67. The van der Waals surface area contributed by atoms with E-state index in [0.29, 0.717) is 0 Å². The summed E-state index contributed by atoms with van der Waals surface area (Å²) >= 11 is 1.90. The number of nitrogens with zero attached hydrogens (tertiary/aromatic N) is 1. The molecule has 2 aliphatic heterocycles. The second kappa shape index (κ2) is 3.33. The number of fused-ring (bicyclic) bond motifs is 3. The first-order chi connectivity index (χ1) is 6.84. The van der Waals surface area contributed by atoms with Crippen LogP contribution >= 0.6 is 11.3 Å². The molecule has 2 nitrogen and oxygen atoms in total. The van der Waals surface area contributed by atoms with Gasteiger partial charge in [-0.2, -0.15) is 0 Å². The molecule has 3 heterocycles. The van der Waals surface area contributed by atoms with E-state index in [0.717, 1.165) is 18.5 Å². The van der Waals surface area contributed by atoms with E-state index in [2.05, 4.69) is 28.7 Å². The van der Waals surface area contributed by atoms with Crippen LogP contribution in [0.5, 0.6) is 0 Å². The van der Waals surface area contributed by atoms with Crippen LogP contribution in [0, 0.1) is 0 Å². The van der Waals surface area contributed by atoms with Crippen LogP contribution in [-0.4, -0.2) is 31.1 Å². The Bertz CT molecular complexity index is 334. The first-order valence-electron chi connectivity index (χ1n) is 5.33. The third-order valence-electron chi connectivity index (χ3n) is 3.52. The first kappa shape index (κ1) is 8.89. The monoisotopic (exact) mass is 208 g/mol. The largest absolute Gasteiger partial charge is 0.308 e. The van der Waals surface area contributed by atoms with E-state index >= 15 is 0 Å². The van der Waals surface area contributed by atoms with Crippen molar-refractivity contribution in [3.8, 4) is 0 Å². The summed E-state index contributed by atoms with van der Waals surface area (Å²) in [4.78, 5) is 4.01. The highest BCUT2D eigenvalue weighted by molar-refractivity contribution is 7.10. The zero-order valence-corrected chi connectivity index (χ0v) is 9.31. The van der Waals surface area contributed by atoms with Gasteiger partial charge < -0.3 is 10.2 Å². The zero-order valence-electron chi connectivity index (χ0n) is 8.49. The Morgan fingerprint density at radius 3 is 3.43 bits per heavy atom. The van der Waals surface area contributed by atoms with Gasteiger partial charge in [-0.15, -0.1) is 11.3 Å². The van der Waals surface area contributed by atoms with Crippen LogP contribution in [-0.2, 0) is 6.54 Å². The Labute approximate surface area is 88.9 Å². The quantitative estimate of drug-likeness (QED) is 0.697. The number of likely N-dealkylation sites (N-methyl/N-ethyl adjacent to an activating group) is 1. The molecule has 1 fully saturated rings. The van der Waals surface area contributed by atoms with Crippen LogP contribution in [0.1, 0.15) is 22.8 Å². The van der Waals surface area contributed by atoms with Crippen molar-refractivity contribution in [3.63, 3.8) is 0 Å². The Hall–Kier alpha value is -0.380. The van der Waals surface area contributed by atoms with Gasteiger partial charge in [0, 0.05) is 29.9 Å². The molecule has 0 amide bonds. The molecule has 1 saturated heterocycles. The van der Waals surface area contributed by atoms with Crippen molar-refractivity contribution in [2.75, 3.05) is 20.1 Å². The van der Waals surface area contributed by atoms with Crippen LogP contribution < -0.4 is 5.32 Å². The molecule has 1 aromatic heterocycles. The molecule has 0 spiro atoms. The summed E-state index contributed by atoms with van der Waals surface area (Å²) in [5, 5.41) is 5.91.